The fourth-order valence-corrected chi connectivity index (χ4v) is 2.38. The van der Waals surface area contributed by atoms with E-state index in [2.05, 4.69) is 24.1 Å². The minimum atomic E-state index is -0.229. The molecule has 90 valence electrons. The normalized spacial score (nSPS) is 26.9. The lowest BCUT2D eigenvalue weighted by Crippen LogP contribution is -2.37. The van der Waals surface area contributed by atoms with Gasteiger partial charge in [0.05, 0.1) is 6.54 Å². The zero-order chi connectivity index (χ0) is 11.7. The highest BCUT2D eigenvalue weighted by Crippen LogP contribution is 2.20. The van der Waals surface area contributed by atoms with E-state index in [0.717, 1.165) is 19.5 Å². The van der Waals surface area contributed by atoms with Crippen LogP contribution in [0, 0.1) is 5.92 Å². The van der Waals surface area contributed by atoms with Crippen molar-refractivity contribution in [1.29, 1.82) is 0 Å². The first kappa shape index (κ1) is 11.4. The maximum Gasteiger partial charge on any atom is 0.324 e. The Morgan fingerprint density at radius 3 is 2.69 bits per heavy atom. The standard InChI is InChI=1S/C11H19N3O2/c1-8(2)13-4-3-9(6-13)7-14-10(15)5-12-11(14)16/h8-9H,3-7H2,1-2H3,(H,12,16). The molecule has 2 fully saturated rings. The highest BCUT2D eigenvalue weighted by molar-refractivity contribution is 6.01. The van der Waals surface area contributed by atoms with Crippen molar-refractivity contribution in [1.82, 2.24) is 15.1 Å². The lowest BCUT2D eigenvalue weighted by atomic mass is 10.1. The lowest BCUT2D eigenvalue weighted by Gasteiger charge is -2.21. The quantitative estimate of drug-likeness (QED) is 0.701. The summed E-state index contributed by atoms with van der Waals surface area (Å²) in [7, 11) is 0. The zero-order valence-corrected chi connectivity index (χ0v) is 9.90. The third-order valence-corrected chi connectivity index (χ3v) is 3.43. The van der Waals surface area contributed by atoms with Crippen molar-refractivity contribution in [3.05, 3.63) is 0 Å². The van der Waals surface area contributed by atoms with E-state index in [-0.39, 0.29) is 18.5 Å². The molecule has 2 rings (SSSR count). The first-order chi connectivity index (χ1) is 7.58. The van der Waals surface area contributed by atoms with Gasteiger partial charge < -0.3 is 10.2 Å². The Bertz CT molecular complexity index is 288. The predicted molar refractivity (Wildman–Crippen MR) is 59.9 cm³/mol. The number of imide groups is 1. The van der Waals surface area contributed by atoms with Gasteiger partial charge in [0, 0.05) is 19.1 Å². The molecule has 16 heavy (non-hydrogen) atoms. The van der Waals surface area contributed by atoms with Gasteiger partial charge in [-0.25, -0.2) is 4.79 Å². The molecule has 0 spiro atoms. The minimum absolute atomic E-state index is 0.0898. The maximum absolute atomic E-state index is 11.4. The average molecular weight is 225 g/mol. The summed E-state index contributed by atoms with van der Waals surface area (Å²) in [4.78, 5) is 26.5. The summed E-state index contributed by atoms with van der Waals surface area (Å²) in [6.07, 6.45) is 1.08. The second-order valence-corrected chi connectivity index (χ2v) is 4.91. The number of nitrogens with zero attached hydrogens (tertiary/aromatic N) is 2. The highest BCUT2D eigenvalue weighted by atomic mass is 16.2. The molecule has 1 atom stereocenters. The van der Waals surface area contributed by atoms with E-state index in [9.17, 15) is 9.59 Å². The van der Waals surface area contributed by atoms with Crippen LogP contribution in [0.15, 0.2) is 0 Å². The van der Waals surface area contributed by atoms with Crippen molar-refractivity contribution in [2.24, 2.45) is 5.92 Å². The van der Waals surface area contributed by atoms with E-state index in [1.807, 2.05) is 0 Å². The smallest absolute Gasteiger partial charge is 0.324 e. The summed E-state index contributed by atoms with van der Waals surface area (Å²) in [5, 5.41) is 2.55. The van der Waals surface area contributed by atoms with Gasteiger partial charge in [0.2, 0.25) is 5.91 Å². The van der Waals surface area contributed by atoms with Crippen molar-refractivity contribution in [3.63, 3.8) is 0 Å². The molecule has 2 aliphatic heterocycles. The fraction of sp³-hybridized carbons (Fsp3) is 0.818. The van der Waals surface area contributed by atoms with E-state index in [4.69, 9.17) is 0 Å². The minimum Gasteiger partial charge on any atom is -0.329 e. The van der Waals surface area contributed by atoms with Crippen molar-refractivity contribution in [2.75, 3.05) is 26.2 Å². The van der Waals surface area contributed by atoms with Crippen LogP contribution in [0.25, 0.3) is 0 Å². The van der Waals surface area contributed by atoms with Crippen molar-refractivity contribution in [2.45, 2.75) is 26.3 Å². The summed E-state index contributed by atoms with van der Waals surface area (Å²) in [5.74, 6) is 0.350. The van der Waals surface area contributed by atoms with Crippen LogP contribution >= 0.6 is 0 Å². The topological polar surface area (TPSA) is 52.6 Å². The Hall–Kier alpha value is -1.10. The predicted octanol–water partition coefficient (Wildman–Crippen LogP) is 0.269. The van der Waals surface area contributed by atoms with E-state index in [1.54, 1.807) is 0 Å². The van der Waals surface area contributed by atoms with Crippen molar-refractivity contribution in [3.8, 4) is 0 Å². The van der Waals surface area contributed by atoms with Gasteiger partial charge in [-0.3, -0.25) is 9.69 Å². The van der Waals surface area contributed by atoms with Gasteiger partial charge >= 0.3 is 6.03 Å². The number of amides is 3. The molecule has 0 aromatic heterocycles. The molecule has 1 N–H and O–H groups in total. The monoisotopic (exact) mass is 225 g/mol. The molecule has 0 radical (unpaired) electrons. The molecule has 0 saturated carbocycles. The molecule has 5 heteroatoms. The number of rotatable bonds is 3. The van der Waals surface area contributed by atoms with Gasteiger partial charge in [-0.1, -0.05) is 0 Å². The van der Waals surface area contributed by atoms with Crippen LogP contribution in [-0.2, 0) is 4.79 Å². The summed E-state index contributed by atoms with van der Waals surface area (Å²) >= 11 is 0. The van der Waals surface area contributed by atoms with Crippen LogP contribution in [0.1, 0.15) is 20.3 Å². The highest BCUT2D eigenvalue weighted by Gasteiger charge is 2.33. The van der Waals surface area contributed by atoms with Gasteiger partial charge in [-0.05, 0) is 32.7 Å². The number of likely N-dealkylation sites (tertiary alicyclic amines) is 1. The molecule has 2 saturated heterocycles. The second-order valence-electron chi connectivity index (χ2n) is 4.91. The van der Waals surface area contributed by atoms with Crippen molar-refractivity contribution >= 4 is 11.9 Å². The van der Waals surface area contributed by atoms with Gasteiger partial charge in [-0.2, -0.15) is 0 Å². The molecular weight excluding hydrogens is 206 g/mol. The molecule has 0 bridgehead atoms. The Labute approximate surface area is 95.8 Å². The van der Waals surface area contributed by atoms with Crippen LogP contribution in [0.3, 0.4) is 0 Å². The number of hydrogen-bond acceptors (Lipinski definition) is 3. The van der Waals surface area contributed by atoms with E-state index >= 15 is 0 Å². The lowest BCUT2D eigenvalue weighted by molar-refractivity contribution is -0.125. The van der Waals surface area contributed by atoms with Gasteiger partial charge in [0.15, 0.2) is 0 Å². The molecular formula is C11H19N3O2. The van der Waals surface area contributed by atoms with Crippen LogP contribution in [0.2, 0.25) is 0 Å². The summed E-state index contributed by atoms with van der Waals surface area (Å²) in [6, 6.07) is 0.320. The molecule has 0 aromatic carbocycles. The Morgan fingerprint density at radius 2 is 2.19 bits per heavy atom. The number of urea groups is 1. The van der Waals surface area contributed by atoms with Crippen LogP contribution < -0.4 is 5.32 Å². The summed E-state index contributed by atoms with van der Waals surface area (Å²) < 4.78 is 0. The van der Waals surface area contributed by atoms with Gasteiger partial charge in [0.1, 0.15) is 0 Å². The maximum atomic E-state index is 11.4. The van der Waals surface area contributed by atoms with Crippen LogP contribution in [0.5, 0.6) is 0 Å². The molecule has 1 unspecified atom stereocenters. The third-order valence-electron chi connectivity index (χ3n) is 3.43. The zero-order valence-electron chi connectivity index (χ0n) is 9.90. The number of nitrogens with one attached hydrogen (secondary N) is 1. The first-order valence-electron chi connectivity index (χ1n) is 5.90. The average Bonchev–Trinajstić information content (AvgIpc) is 2.80. The first-order valence-corrected chi connectivity index (χ1v) is 5.90. The Kier molecular flexibility index (Phi) is 3.14. The van der Waals surface area contributed by atoms with Gasteiger partial charge in [0.25, 0.3) is 0 Å². The SMILES string of the molecule is CC(C)N1CCC(CN2C(=O)CNC2=O)C1. The number of hydrogen-bond donors (Lipinski definition) is 1. The van der Waals surface area contributed by atoms with Crippen molar-refractivity contribution < 1.29 is 9.59 Å². The second kappa shape index (κ2) is 4.41. The molecule has 3 amide bonds. The largest absolute Gasteiger partial charge is 0.329 e. The molecule has 0 aliphatic carbocycles. The third kappa shape index (κ3) is 2.19. The summed E-state index contributed by atoms with van der Waals surface area (Å²) in [5.41, 5.74) is 0. The molecule has 2 aliphatic rings. The van der Waals surface area contributed by atoms with Gasteiger partial charge in [-0.15, -0.1) is 0 Å². The van der Waals surface area contributed by atoms with E-state index in [0.29, 0.717) is 18.5 Å². The Balaban J connectivity index is 1.87. The number of carbonyl (C=O) groups excluding carboxylic acids is 2. The van der Waals surface area contributed by atoms with Crippen LogP contribution in [-0.4, -0.2) is 54.0 Å². The van der Waals surface area contributed by atoms with Crippen LogP contribution in [0.4, 0.5) is 4.79 Å². The van der Waals surface area contributed by atoms with E-state index < -0.39 is 0 Å². The Morgan fingerprint density at radius 1 is 1.44 bits per heavy atom. The molecule has 2 heterocycles. The fourth-order valence-electron chi connectivity index (χ4n) is 2.38. The van der Waals surface area contributed by atoms with E-state index in [1.165, 1.54) is 4.90 Å². The molecule has 0 aromatic rings. The summed E-state index contributed by atoms with van der Waals surface area (Å²) in [6.45, 7) is 7.17. The number of carbonyl (C=O) groups is 2. The molecule has 5 nitrogen and oxygen atoms in total.